The molecule has 0 amide bonds. The minimum absolute atomic E-state index is 0.611. The molecule has 1 aromatic heterocycles. The number of nitrogens with zero attached hydrogens (tertiary/aromatic N) is 1. The van der Waals surface area contributed by atoms with Gasteiger partial charge in [0.2, 0.25) is 0 Å². The number of thioether (sulfide) groups is 1. The van der Waals surface area contributed by atoms with Gasteiger partial charge in [0, 0.05) is 0 Å². The van der Waals surface area contributed by atoms with E-state index < -0.39 is 0 Å². The van der Waals surface area contributed by atoms with Gasteiger partial charge in [-0.05, 0) is 6.92 Å². The van der Waals surface area contributed by atoms with Gasteiger partial charge in [0.1, 0.15) is 6.26 Å². The fourth-order valence-electron chi connectivity index (χ4n) is 0.502. The number of hydrogen-bond acceptors (Lipinski definition) is 3. The van der Waals surface area contributed by atoms with Crippen LogP contribution in [0.2, 0.25) is 0 Å². The van der Waals surface area contributed by atoms with Crippen molar-refractivity contribution in [3.8, 4) is 12.3 Å². The Balaban J connectivity index is 2.52. The van der Waals surface area contributed by atoms with Crippen LogP contribution in [-0.2, 0) is 0 Å². The largest absolute Gasteiger partial charge is 0.440 e. The van der Waals surface area contributed by atoms with E-state index >= 15 is 0 Å². The van der Waals surface area contributed by atoms with Crippen LogP contribution in [0.15, 0.2) is 15.9 Å². The van der Waals surface area contributed by atoms with E-state index in [2.05, 4.69) is 10.9 Å². The molecule has 0 bridgehead atoms. The number of aryl methyl sites for hydroxylation is 1. The Hall–Kier alpha value is -0.880. The van der Waals surface area contributed by atoms with Crippen LogP contribution in [0.5, 0.6) is 0 Å². The Morgan fingerprint density at radius 2 is 2.70 bits per heavy atom. The molecule has 0 aliphatic heterocycles. The van der Waals surface area contributed by atoms with Crippen LogP contribution < -0.4 is 0 Å². The average molecular weight is 153 g/mol. The summed E-state index contributed by atoms with van der Waals surface area (Å²) in [6.45, 7) is 1.88. The molecule has 0 radical (unpaired) electrons. The fraction of sp³-hybridized carbons (Fsp3) is 0.286. The monoisotopic (exact) mass is 153 g/mol. The van der Waals surface area contributed by atoms with Gasteiger partial charge in [0.15, 0.2) is 0 Å². The normalized spacial score (nSPS) is 9.20. The number of hydrogen-bond donors (Lipinski definition) is 0. The van der Waals surface area contributed by atoms with Gasteiger partial charge in [-0.25, -0.2) is 4.98 Å². The molecule has 0 saturated heterocycles. The summed E-state index contributed by atoms with van der Waals surface area (Å²) in [5.74, 6) is 3.10. The highest BCUT2D eigenvalue weighted by Crippen LogP contribution is 2.15. The van der Waals surface area contributed by atoms with Crippen LogP contribution in [0.4, 0.5) is 0 Å². The number of terminal acetylenes is 1. The summed E-state index contributed by atoms with van der Waals surface area (Å²) in [6.07, 6.45) is 6.65. The van der Waals surface area contributed by atoms with E-state index in [4.69, 9.17) is 10.8 Å². The van der Waals surface area contributed by atoms with Crippen LogP contribution in [0.25, 0.3) is 0 Å². The summed E-state index contributed by atoms with van der Waals surface area (Å²) in [4.78, 5) is 4.05. The Kier molecular flexibility index (Phi) is 2.41. The van der Waals surface area contributed by atoms with Crippen molar-refractivity contribution in [1.82, 2.24) is 4.98 Å². The molecule has 0 aliphatic carbocycles. The first-order valence-corrected chi connectivity index (χ1v) is 3.80. The topological polar surface area (TPSA) is 26.0 Å². The lowest BCUT2D eigenvalue weighted by atomic mass is 10.6. The molecule has 1 heterocycles. The third-order valence-corrected chi connectivity index (χ3v) is 1.62. The Bertz CT molecular complexity index is 248. The maximum atomic E-state index is 5.04. The van der Waals surface area contributed by atoms with Gasteiger partial charge >= 0.3 is 0 Å². The molecule has 10 heavy (non-hydrogen) atoms. The average Bonchev–Trinajstić information content (AvgIpc) is 2.31. The van der Waals surface area contributed by atoms with Gasteiger partial charge in [-0.2, -0.15) is 0 Å². The zero-order valence-electron chi connectivity index (χ0n) is 5.63. The van der Waals surface area contributed by atoms with Crippen LogP contribution in [0.1, 0.15) is 5.69 Å². The summed E-state index contributed by atoms with van der Waals surface area (Å²) >= 11 is 1.43. The van der Waals surface area contributed by atoms with E-state index in [9.17, 15) is 0 Å². The van der Waals surface area contributed by atoms with E-state index in [1.54, 1.807) is 6.26 Å². The van der Waals surface area contributed by atoms with E-state index in [0.717, 1.165) is 5.69 Å². The molecule has 0 saturated carbocycles. The first kappa shape index (κ1) is 7.23. The highest BCUT2D eigenvalue weighted by molar-refractivity contribution is 7.99. The highest BCUT2D eigenvalue weighted by atomic mass is 32.2. The molecule has 1 rings (SSSR count). The second kappa shape index (κ2) is 3.33. The zero-order valence-corrected chi connectivity index (χ0v) is 6.44. The Morgan fingerprint density at radius 3 is 3.20 bits per heavy atom. The zero-order chi connectivity index (χ0) is 7.40. The fourth-order valence-corrected chi connectivity index (χ4v) is 1.03. The van der Waals surface area contributed by atoms with Crippen molar-refractivity contribution in [2.75, 3.05) is 5.75 Å². The minimum atomic E-state index is 0.611. The lowest BCUT2D eigenvalue weighted by Crippen LogP contribution is -1.73. The van der Waals surface area contributed by atoms with Gasteiger partial charge in [-0.3, -0.25) is 0 Å². The van der Waals surface area contributed by atoms with Gasteiger partial charge in [0.25, 0.3) is 5.22 Å². The van der Waals surface area contributed by atoms with Gasteiger partial charge < -0.3 is 4.42 Å². The summed E-state index contributed by atoms with van der Waals surface area (Å²) in [5.41, 5.74) is 0.888. The Labute approximate surface area is 64.0 Å². The van der Waals surface area contributed by atoms with Gasteiger partial charge in [0.05, 0.1) is 11.4 Å². The molecule has 0 atom stereocenters. The third kappa shape index (κ3) is 1.82. The second-order valence-electron chi connectivity index (χ2n) is 1.75. The quantitative estimate of drug-likeness (QED) is 0.478. The maximum absolute atomic E-state index is 5.04. The molecular formula is C7H7NOS. The minimum Gasteiger partial charge on any atom is -0.440 e. The molecule has 52 valence electrons. The van der Waals surface area contributed by atoms with Crippen LogP contribution in [0.3, 0.4) is 0 Å². The van der Waals surface area contributed by atoms with Crippen molar-refractivity contribution in [1.29, 1.82) is 0 Å². The summed E-state index contributed by atoms with van der Waals surface area (Å²) in [5, 5.41) is 0.649. The van der Waals surface area contributed by atoms with Crippen molar-refractivity contribution < 1.29 is 4.42 Å². The van der Waals surface area contributed by atoms with E-state index in [1.807, 2.05) is 6.92 Å². The van der Waals surface area contributed by atoms with Crippen molar-refractivity contribution in [2.24, 2.45) is 0 Å². The third-order valence-electron chi connectivity index (χ3n) is 0.877. The molecule has 0 N–H and O–H groups in total. The number of oxazole rings is 1. The molecule has 3 heteroatoms. The lowest BCUT2D eigenvalue weighted by molar-refractivity contribution is 0.454. The van der Waals surface area contributed by atoms with Gasteiger partial charge in [-0.15, -0.1) is 6.42 Å². The molecule has 0 spiro atoms. The predicted octanol–water partition coefficient (Wildman–Crippen LogP) is 1.71. The molecule has 0 fully saturated rings. The summed E-state index contributed by atoms with van der Waals surface area (Å²) in [7, 11) is 0. The summed E-state index contributed by atoms with van der Waals surface area (Å²) < 4.78 is 5.02. The van der Waals surface area contributed by atoms with E-state index in [0.29, 0.717) is 11.0 Å². The summed E-state index contributed by atoms with van der Waals surface area (Å²) in [6, 6.07) is 0. The molecule has 2 nitrogen and oxygen atoms in total. The number of rotatable bonds is 2. The van der Waals surface area contributed by atoms with Crippen molar-refractivity contribution in [2.45, 2.75) is 12.1 Å². The molecule has 1 aromatic rings. The first-order chi connectivity index (χ1) is 4.83. The number of aromatic nitrogens is 1. The van der Waals surface area contributed by atoms with Crippen molar-refractivity contribution >= 4 is 11.8 Å². The SMILES string of the molecule is C#CCSc1nc(C)co1. The van der Waals surface area contributed by atoms with Crippen molar-refractivity contribution in [3.63, 3.8) is 0 Å². The second-order valence-corrected chi connectivity index (χ2v) is 2.67. The van der Waals surface area contributed by atoms with E-state index in [-0.39, 0.29) is 0 Å². The molecule has 0 aliphatic rings. The molecular weight excluding hydrogens is 146 g/mol. The smallest absolute Gasteiger partial charge is 0.256 e. The molecule has 0 unspecified atom stereocenters. The van der Waals surface area contributed by atoms with Crippen molar-refractivity contribution in [3.05, 3.63) is 12.0 Å². The van der Waals surface area contributed by atoms with Crippen LogP contribution >= 0.6 is 11.8 Å². The van der Waals surface area contributed by atoms with Gasteiger partial charge in [-0.1, -0.05) is 17.7 Å². The highest BCUT2D eigenvalue weighted by Gasteiger charge is 1.97. The van der Waals surface area contributed by atoms with Crippen LogP contribution in [-0.4, -0.2) is 10.7 Å². The standard InChI is InChI=1S/C7H7NOS/c1-3-4-10-7-8-6(2)5-9-7/h1,5H,4H2,2H3. The maximum Gasteiger partial charge on any atom is 0.256 e. The first-order valence-electron chi connectivity index (χ1n) is 2.81. The lowest BCUT2D eigenvalue weighted by Gasteiger charge is -1.84. The van der Waals surface area contributed by atoms with E-state index in [1.165, 1.54) is 11.8 Å². The Morgan fingerprint density at radius 1 is 1.90 bits per heavy atom. The molecule has 0 aromatic carbocycles. The van der Waals surface area contributed by atoms with Crippen LogP contribution in [0, 0.1) is 19.3 Å². The predicted molar refractivity (Wildman–Crippen MR) is 40.8 cm³/mol.